The lowest BCUT2D eigenvalue weighted by atomic mass is 10.5. The van der Waals surface area contributed by atoms with Gasteiger partial charge in [-0.1, -0.05) is 0 Å². The van der Waals surface area contributed by atoms with E-state index >= 15 is 0 Å². The number of nitrogens with one attached hydrogen (secondary N) is 1. The summed E-state index contributed by atoms with van der Waals surface area (Å²) in [5.41, 5.74) is 0. The highest BCUT2D eigenvalue weighted by molar-refractivity contribution is 8.03. The number of thioether (sulfide) groups is 1. The van der Waals surface area contributed by atoms with Crippen LogP contribution in [0, 0.1) is 10.1 Å². The third-order valence-electron chi connectivity index (χ3n) is 1.10. The summed E-state index contributed by atoms with van der Waals surface area (Å²) in [7, 11) is 0. The summed E-state index contributed by atoms with van der Waals surface area (Å²) in [6.45, 7) is 0.854. The van der Waals surface area contributed by atoms with E-state index in [4.69, 9.17) is 0 Å². The van der Waals surface area contributed by atoms with Crippen LogP contribution in [0.3, 0.4) is 0 Å². The molecule has 0 aromatic rings. The first-order valence-corrected chi connectivity index (χ1v) is 4.33. The largest absolute Gasteiger partial charge is 0.375 e. The van der Waals surface area contributed by atoms with Gasteiger partial charge in [0.05, 0.1) is 4.92 Å². The minimum Gasteiger partial charge on any atom is -0.375 e. The number of hydrazine groups is 1. The smallest absolute Gasteiger partial charge is 0.263 e. The molecule has 0 radical (unpaired) electrons. The molecule has 0 aromatic carbocycles. The molecule has 0 aliphatic carbocycles. The van der Waals surface area contributed by atoms with Crippen molar-refractivity contribution in [3.05, 3.63) is 21.3 Å². The van der Waals surface area contributed by atoms with Crippen LogP contribution in [-0.2, 0) is 0 Å². The number of nitrogens with two attached hydrogens (primary N) is 2. The molecule has 0 atom stereocenters. The Bertz CT molecular complexity index is 165. The van der Waals surface area contributed by atoms with Crippen molar-refractivity contribution < 1.29 is 4.92 Å². The van der Waals surface area contributed by atoms with Gasteiger partial charge in [0.1, 0.15) is 5.03 Å². The lowest BCUT2D eigenvalue weighted by molar-refractivity contribution is -0.403. The van der Waals surface area contributed by atoms with E-state index in [1.807, 2.05) is 0 Å². The number of nitrogens with zero attached hydrogens (tertiary/aromatic N) is 1. The van der Waals surface area contributed by atoms with Gasteiger partial charge >= 0.3 is 0 Å². The Labute approximate surface area is 74.5 Å². The molecule has 0 unspecified atom stereocenters. The van der Waals surface area contributed by atoms with E-state index in [0.717, 1.165) is 24.9 Å². The molecule has 1 fully saturated rings. The average molecular weight is 192 g/mol. The van der Waals surface area contributed by atoms with Crippen molar-refractivity contribution in [2.24, 2.45) is 11.7 Å². The van der Waals surface area contributed by atoms with Gasteiger partial charge in [-0.25, -0.2) is 0 Å². The van der Waals surface area contributed by atoms with Crippen molar-refractivity contribution in [2.45, 2.75) is 6.42 Å². The van der Waals surface area contributed by atoms with E-state index in [2.05, 4.69) is 17.0 Å². The fourth-order valence-electron chi connectivity index (χ4n) is 0.696. The zero-order valence-corrected chi connectivity index (χ0v) is 7.34. The molecule has 0 spiro atoms. The van der Waals surface area contributed by atoms with Crippen molar-refractivity contribution in [1.29, 1.82) is 0 Å². The van der Waals surface area contributed by atoms with E-state index in [1.165, 1.54) is 11.8 Å². The Hall–Kier alpha value is -0.790. The van der Waals surface area contributed by atoms with Crippen LogP contribution in [0.4, 0.5) is 0 Å². The second-order valence-corrected chi connectivity index (χ2v) is 3.04. The summed E-state index contributed by atoms with van der Waals surface area (Å²) in [6.07, 6.45) is 2.10. The first-order valence-electron chi connectivity index (χ1n) is 3.34. The van der Waals surface area contributed by atoms with E-state index in [9.17, 15) is 10.1 Å². The lowest BCUT2D eigenvalue weighted by Crippen LogP contribution is -2.19. The maximum Gasteiger partial charge on any atom is 0.263 e. The van der Waals surface area contributed by atoms with Crippen LogP contribution < -0.4 is 17.0 Å². The Morgan fingerprint density at radius 2 is 2.33 bits per heavy atom. The van der Waals surface area contributed by atoms with Crippen LogP contribution in [0.5, 0.6) is 0 Å². The third kappa shape index (κ3) is 4.94. The second-order valence-electron chi connectivity index (χ2n) is 1.91. The van der Waals surface area contributed by atoms with Crippen molar-refractivity contribution in [3.8, 4) is 0 Å². The van der Waals surface area contributed by atoms with Crippen molar-refractivity contribution in [3.63, 3.8) is 0 Å². The molecule has 1 saturated heterocycles. The summed E-state index contributed by atoms with van der Waals surface area (Å²) in [4.78, 5) is 9.51. The monoisotopic (exact) mass is 192 g/mol. The molecular weight excluding hydrogens is 180 g/mol. The minimum atomic E-state index is -0.430. The normalized spacial score (nSPS) is 19.0. The van der Waals surface area contributed by atoms with Crippen LogP contribution in [0.1, 0.15) is 6.42 Å². The zero-order valence-electron chi connectivity index (χ0n) is 6.53. The highest BCUT2D eigenvalue weighted by Gasteiger charge is 2.07. The molecule has 70 valence electrons. The fraction of sp³-hybridized carbons (Fsp3) is 0.600. The van der Waals surface area contributed by atoms with Gasteiger partial charge in [0, 0.05) is 12.3 Å². The van der Waals surface area contributed by atoms with Crippen LogP contribution in [0.2, 0.25) is 0 Å². The number of hydrogen-bond acceptors (Lipinski definition) is 6. The van der Waals surface area contributed by atoms with Crippen molar-refractivity contribution >= 4 is 11.8 Å². The highest BCUT2D eigenvalue weighted by Crippen LogP contribution is 2.17. The molecule has 0 amide bonds. The first kappa shape index (κ1) is 11.2. The highest BCUT2D eigenvalue weighted by atomic mass is 32.2. The summed E-state index contributed by atoms with van der Waals surface area (Å²) < 4.78 is 0. The standard InChI is InChI=1S/C5H8N2O2S.H4N2/c8-7(9)4-5-6-2-1-3-10-5;1-2/h4,6H,1-3H2;1-2H2. The van der Waals surface area contributed by atoms with E-state index in [-0.39, 0.29) is 0 Å². The van der Waals surface area contributed by atoms with Crippen LogP contribution >= 0.6 is 11.8 Å². The molecular formula is C5H12N4O2S. The van der Waals surface area contributed by atoms with E-state index in [1.54, 1.807) is 0 Å². The van der Waals surface area contributed by atoms with E-state index < -0.39 is 4.92 Å². The number of nitro groups is 1. The fourth-order valence-corrected chi connectivity index (χ4v) is 1.57. The average Bonchev–Trinajstić information content (AvgIpc) is 2.08. The SMILES string of the molecule is NN.O=[N+]([O-])C=C1NCCCS1. The van der Waals surface area contributed by atoms with Gasteiger partial charge in [-0.3, -0.25) is 21.8 Å². The Morgan fingerprint density at radius 3 is 2.75 bits per heavy atom. The van der Waals surface area contributed by atoms with Crippen molar-refractivity contribution in [1.82, 2.24) is 5.32 Å². The van der Waals surface area contributed by atoms with Crippen LogP contribution in [-0.4, -0.2) is 17.2 Å². The summed E-state index contributed by atoms with van der Waals surface area (Å²) in [5.74, 6) is 8.98. The minimum absolute atomic E-state index is 0.430. The molecule has 1 aliphatic rings. The molecule has 1 heterocycles. The number of hydrogen-bond donors (Lipinski definition) is 3. The lowest BCUT2D eigenvalue weighted by Gasteiger charge is -2.12. The topological polar surface area (TPSA) is 107 Å². The molecule has 0 aromatic heterocycles. The maximum atomic E-state index is 9.94. The zero-order chi connectivity index (χ0) is 9.40. The van der Waals surface area contributed by atoms with Gasteiger partial charge in [0.25, 0.3) is 6.20 Å². The molecule has 12 heavy (non-hydrogen) atoms. The van der Waals surface area contributed by atoms with Gasteiger partial charge in [0.2, 0.25) is 0 Å². The molecule has 0 bridgehead atoms. The Balaban J connectivity index is 0.000000561. The summed E-state index contributed by atoms with van der Waals surface area (Å²) in [5, 5.41) is 13.6. The maximum absolute atomic E-state index is 9.94. The molecule has 1 rings (SSSR count). The first-order chi connectivity index (χ1) is 5.79. The van der Waals surface area contributed by atoms with E-state index in [0.29, 0.717) is 5.03 Å². The Kier molecular flexibility index (Phi) is 6.44. The van der Waals surface area contributed by atoms with Gasteiger partial charge in [-0.15, -0.1) is 11.8 Å². The van der Waals surface area contributed by atoms with Crippen molar-refractivity contribution in [2.75, 3.05) is 12.3 Å². The molecule has 7 heteroatoms. The molecule has 1 aliphatic heterocycles. The third-order valence-corrected chi connectivity index (χ3v) is 2.15. The summed E-state index contributed by atoms with van der Waals surface area (Å²) >= 11 is 1.50. The van der Waals surface area contributed by atoms with Crippen LogP contribution in [0.15, 0.2) is 11.2 Å². The van der Waals surface area contributed by atoms with Gasteiger partial charge in [-0.05, 0) is 6.42 Å². The molecule has 6 nitrogen and oxygen atoms in total. The number of rotatable bonds is 1. The van der Waals surface area contributed by atoms with Crippen LogP contribution in [0.25, 0.3) is 0 Å². The van der Waals surface area contributed by atoms with Gasteiger partial charge in [0.15, 0.2) is 0 Å². The van der Waals surface area contributed by atoms with Gasteiger partial charge in [-0.2, -0.15) is 0 Å². The predicted molar refractivity (Wildman–Crippen MR) is 48.5 cm³/mol. The van der Waals surface area contributed by atoms with Gasteiger partial charge < -0.3 is 5.32 Å². The Morgan fingerprint density at radius 1 is 1.67 bits per heavy atom. The quantitative estimate of drug-likeness (QED) is 0.296. The molecule has 5 N–H and O–H groups in total. The predicted octanol–water partition coefficient (Wildman–Crippen LogP) is -0.393. The molecule has 0 saturated carbocycles. The second kappa shape index (κ2) is 6.89. The summed E-state index contributed by atoms with van der Waals surface area (Å²) in [6, 6.07) is 0.